The van der Waals surface area contributed by atoms with E-state index in [0.717, 1.165) is 5.75 Å². The first-order valence-electron chi connectivity index (χ1n) is 8.82. The van der Waals surface area contributed by atoms with Gasteiger partial charge in [0.2, 0.25) is 11.7 Å². The minimum absolute atomic E-state index is 0.101. The van der Waals surface area contributed by atoms with Crippen LogP contribution in [0.4, 0.5) is 10.1 Å². The highest BCUT2D eigenvalue weighted by molar-refractivity contribution is 5.90. The molecule has 0 saturated carbocycles. The SMILES string of the molecule is O=C(Cn1nnc(-c2ccc(F)cc2)n1)Nc1ccc(Oc2ccccc2)cc1. The van der Waals surface area contributed by atoms with Crippen LogP contribution in [0.2, 0.25) is 0 Å². The average molecular weight is 389 g/mol. The molecule has 0 atom stereocenters. The van der Waals surface area contributed by atoms with E-state index >= 15 is 0 Å². The van der Waals surface area contributed by atoms with E-state index in [0.29, 0.717) is 22.8 Å². The third-order valence-corrected chi connectivity index (χ3v) is 3.96. The van der Waals surface area contributed by atoms with E-state index in [4.69, 9.17) is 4.74 Å². The van der Waals surface area contributed by atoms with Gasteiger partial charge in [-0.3, -0.25) is 4.79 Å². The predicted molar refractivity (Wildman–Crippen MR) is 105 cm³/mol. The van der Waals surface area contributed by atoms with E-state index < -0.39 is 0 Å². The van der Waals surface area contributed by atoms with Gasteiger partial charge in [-0.25, -0.2) is 4.39 Å². The Labute approximate surface area is 165 Å². The third-order valence-electron chi connectivity index (χ3n) is 3.96. The molecule has 0 unspecified atom stereocenters. The van der Waals surface area contributed by atoms with Crippen molar-refractivity contribution in [3.8, 4) is 22.9 Å². The van der Waals surface area contributed by atoms with Crippen molar-refractivity contribution in [1.29, 1.82) is 0 Å². The lowest BCUT2D eigenvalue weighted by atomic mass is 10.2. The summed E-state index contributed by atoms with van der Waals surface area (Å²) >= 11 is 0. The molecule has 0 spiro atoms. The number of carbonyl (C=O) groups is 1. The van der Waals surface area contributed by atoms with Crippen LogP contribution in [0, 0.1) is 5.82 Å². The van der Waals surface area contributed by atoms with Gasteiger partial charge in [0.1, 0.15) is 23.9 Å². The maximum Gasteiger partial charge on any atom is 0.248 e. The molecule has 0 fully saturated rings. The topological polar surface area (TPSA) is 81.9 Å². The van der Waals surface area contributed by atoms with E-state index in [1.807, 2.05) is 30.3 Å². The van der Waals surface area contributed by atoms with Gasteiger partial charge in [-0.05, 0) is 65.9 Å². The number of nitrogens with one attached hydrogen (secondary N) is 1. The largest absolute Gasteiger partial charge is 0.457 e. The number of anilines is 1. The highest BCUT2D eigenvalue weighted by Crippen LogP contribution is 2.22. The second kappa shape index (κ2) is 8.30. The number of hydrogen-bond acceptors (Lipinski definition) is 5. The number of ether oxygens (including phenoxy) is 1. The molecule has 4 rings (SSSR count). The number of carbonyl (C=O) groups excluding carboxylic acids is 1. The van der Waals surface area contributed by atoms with Gasteiger partial charge >= 0.3 is 0 Å². The highest BCUT2D eigenvalue weighted by atomic mass is 19.1. The standard InChI is InChI=1S/C21H16FN5O2/c22-16-8-6-15(7-9-16)21-24-26-27(25-21)14-20(28)23-17-10-12-19(13-11-17)29-18-4-2-1-3-5-18/h1-13H,14H2,(H,23,28). The van der Waals surface area contributed by atoms with E-state index in [1.165, 1.54) is 16.9 Å². The fourth-order valence-electron chi connectivity index (χ4n) is 2.58. The molecule has 0 aliphatic rings. The summed E-state index contributed by atoms with van der Waals surface area (Å²) in [5.41, 5.74) is 1.24. The Hall–Kier alpha value is -4.07. The normalized spacial score (nSPS) is 10.5. The number of benzene rings is 3. The van der Waals surface area contributed by atoms with Crippen molar-refractivity contribution in [2.24, 2.45) is 0 Å². The third kappa shape index (κ3) is 4.81. The number of rotatable bonds is 6. The molecule has 1 aromatic heterocycles. The summed E-state index contributed by atoms with van der Waals surface area (Å²) in [6.45, 7) is -0.101. The molecule has 144 valence electrons. The van der Waals surface area contributed by atoms with Gasteiger partial charge in [-0.1, -0.05) is 18.2 Å². The van der Waals surface area contributed by atoms with Crippen molar-refractivity contribution in [2.75, 3.05) is 5.32 Å². The molecule has 0 saturated heterocycles. The van der Waals surface area contributed by atoms with E-state index in [1.54, 1.807) is 36.4 Å². The molecule has 4 aromatic rings. The Balaban J connectivity index is 1.34. The number of hydrogen-bond donors (Lipinski definition) is 1. The summed E-state index contributed by atoms with van der Waals surface area (Å²) in [6.07, 6.45) is 0. The summed E-state index contributed by atoms with van der Waals surface area (Å²) in [5, 5.41) is 14.7. The number of tetrazole rings is 1. The van der Waals surface area contributed by atoms with Crippen LogP contribution in [0.1, 0.15) is 0 Å². The van der Waals surface area contributed by atoms with Crippen LogP contribution in [-0.4, -0.2) is 26.1 Å². The number of nitrogens with zero attached hydrogens (tertiary/aromatic N) is 4. The maximum atomic E-state index is 13.0. The summed E-state index contributed by atoms with van der Waals surface area (Å²) < 4.78 is 18.7. The summed E-state index contributed by atoms with van der Waals surface area (Å²) in [4.78, 5) is 13.4. The monoisotopic (exact) mass is 389 g/mol. The van der Waals surface area contributed by atoms with Crippen LogP contribution in [0.5, 0.6) is 11.5 Å². The van der Waals surface area contributed by atoms with Crippen LogP contribution in [-0.2, 0) is 11.3 Å². The van der Waals surface area contributed by atoms with Crippen LogP contribution >= 0.6 is 0 Å². The van der Waals surface area contributed by atoms with Gasteiger partial charge in [0.05, 0.1) is 0 Å². The van der Waals surface area contributed by atoms with Gasteiger partial charge in [0.25, 0.3) is 0 Å². The van der Waals surface area contributed by atoms with Gasteiger partial charge in [0, 0.05) is 11.3 Å². The van der Waals surface area contributed by atoms with E-state index in [2.05, 4.69) is 20.7 Å². The molecule has 8 heteroatoms. The fourth-order valence-corrected chi connectivity index (χ4v) is 2.58. The molecular weight excluding hydrogens is 373 g/mol. The van der Waals surface area contributed by atoms with E-state index in [9.17, 15) is 9.18 Å². The molecule has 1 heterocycles. The molecule has 0 bridgehead atoms. The van der Waals surface area contributed by atoms with Gasteiger partial charge in [-0.15, -0.1) is 10.2 Å². The smallest absolute Gasteiger partial charge is 0.248 e. The number of halogens is 1. The molecule has 0 aliphatic carbocycles. The average Bonchev–Trinajstić information content (AvgIpc) is 3.19. The minimum Gasteiger partial charge on any atom is -0.457 e. The Morgan fingerprint density at radius 3 is 2.34 bits per heavy atom. The molecule has 1 amide bonds. The van der Waals surface area contributed by atoms with Gasteiger partial charge in [-0.2, -0.15) is 4.80 Å². The maximum absolute atomic E-state index is 13.0. The Kier molecular flexibility index (Phi) is 5.24. The second-order valence-electron chi connectivity index (χ2n) is 6.14. The zero-order valence-electron chi connectivity index (χ0n) is 15.2. The van der Waals surface area contributed by atoms with Crippen molar-refractivity contribution in [2.45, 2.75) is 6.54 Å². The van der Waals surface area contributed by atoms with Crippen molar-refractivity contribution < 1.29 is 13.9 Å². The zero-order chi connectivity index (χ0) is 20.1. The zero-order valence-corrected chi connectivity index (χ0v) is 15.2. The lowest BCUT2D eigenvalue weighted by molar-refractivity contribution is -0.117. The molecule has 1 N–H and O–H groups in total. The van der Waals surface area contributed by atoms with Crippen molar-refractivity contribution >= 4 is 11.6 Å². The van der Waals surface area contributed by atoms with Crippen LogP contribution in [0.15, 0.2) is 78.9 Å². The van der Waals surface area contributed by atoms with Crippen LogP contribution in [0.25, 0.3) is 11.4 Å². The lowest BCUT2D eigenvalue weighted by Gasteiger charge is -2.07. The highest BCUT2D eigenvalue weighted by Gasteiger charge is 2.10. The molecule has 7 nitrogen and oxygen atoms in total. The van der Waals surface area contributed by atoms with Gasteiger partial charge in [0.15, 0.2) is 0 Å². The van der Waals surface area contributed by atoms with Crippen molar-refractivity contribution in [3.63, 3.8) is 0 Å². The number of para-hydroxylation sites is 1. The molecule has 3 aromatic carbocycles. The lowest BCUT2D eigenvalue weighted by Crippen LogP contribution is -2.20. The number of aromatic nitrogens is 4. The number of amides is 1. The van der Waals surface area contributed by atoms with Gasteiger partial charge < -0.3 is 10.1 Å². The van der Waals surface area contributed by atoms with Crippen molar-refractivity contribution in [3.05, 3.63) is 84.7 Å². The fraction of sp³-hybridized carbons (Fsp3) is 0.0476. The Bertz CT molecular complexity index is 1100. The minimum atomic E-state index is -0.347. The molecular formula is C21H16FN5O2. The molecule has 0 aliphatic heterocycles. The molecule has 0 radical (unpaired) electrons. The quantitative estimate of drug-likeness (QED) is 0.541. The second-order valence-corrected chi connectivity index (χ2v) is 6.14. The van der Waals surface area contributed by atoms with Crippen LogP contribution < -0.4 is 10.1 Å². The van der Waals surface area contributed by atoms with Crippen LogP contribution in [0.3, 0.4) is 0 Å². The Morgan fingerprint density at radius 2 is 1.62 bits per heavy atom. The van der Waals surface area contributed by atoms with E-state index in [-0.39, 0.29) is 18.3 Å². The predicted octanol–water partition coefficient (Wildman–Crippen LogP) is 3.91. The Morgan fingerprint density at radius 1 is 0.931 bits per heavy atom. The summed E-state index contributed by atoms with van der Waals surface area (Å²) in [7, 11) is 0. The summed E-state index contributed by atoms with van der Waals surface area (Å²) in [6, 6.07) is 22.2. The first-order chi connectivity index (χ1) is 14.2. The van der Waals surface area contributed by atoms with Crippen molar-refractivity contribution in [1.82, 2.24) is 20.2 Å². The first-order valence-corrected chi connectivity index (χ1v) is 8.82. The first kappa shape index (κ1) is 18.3. The molecule has 29 heavy (non-hydrogen) atoms. The summed E-state index contributed by atoms with van der Waals surface area (Å²) in [5.74, 6) is 1.07.